The van der Waals surface area contributed by atoms with E-state index in [1.54, 1.807) is 0 Å². The fourth-order valence-electron chi connectivity index (χ4n) is 1.22. The van der Waals surface area contributed by atoms with Crippen LogP contribution in [0.3, 0.4) is 0 Å². The number of carboxylic acid groups (broad SMARTS) is 1. The summed E-state index contributed by atoms with van der Waals surface area (Å²) >= 11 is 0. The number of nitrogens with one attached hydrogen (secondary N) is 1. The Hall–Kier alpha value is -2.22. The second kappa shape index (κ2) is 6.64. The van der Waals surface area contributed by atoms with Crippen LogP contribution in [0, 0.1) is 0 Å². The lowest BCUT2D eigenvalue weighted by Gasteiger charge is -2.11. The van der Waals surface area contributed by atoms with Gasteiger partial charge in [-0.3, -0.25) is 4.79 Å². The molecule has 1 rings (SSSR count). The maximum atomic E-state index is 12.1. The normalized spacial score (nSPS) is 12.0. The summed E-state index contributed by atoms with van der Waals surface area (Å²) in [5.41, 5.74) is -0.180. The molecule has 0 spiro atoms. The first-order valence-corrected chi connectivity index (χ1v) is 5.14. The Labute approximate surface area is 106 Å². The van der Waals surface area contributed by atoms with E-state index in [1.165, 1.54) is 24.3 Å². The number of benzene rings is 1. The number of amides is 1. The highest BCUT2D eigenvalue weighted by atomic mass is 19.3. The number of aliphatic carboxylic acids is 1. The number of alkyl halides is 2. The molecule has 1 aromatic carbocycles. The third-order valence-corrected chi connectivity index (χ3v) is 2.09. The molecule has 0 aliphatic heterocycles. The van der Waals surface area contributed by atoms with E-state index in [2.05, 4.69) is 10.1 Å². The fourth-order valence-corrected chi connectivity index (χ4v) is 1.22. The van der Waals surface area contributed by atoms with Crippen LogP contribution in [0.1, 0.15) is 10.4 Å². The van der Waals surface area contributed by atoms with Crippen LogP contribution in [-0.4, -0.2) is 41.3 Å². The minimum atomic E-state index is -3.08. The zero-order valence-electron chi connectivity index (χ0n) is 9.55. The van der Waals surface area contributed by atoms with Crippen molar-refractivity contribution < 1.29 is 33.3 Å². The van der Waals surface area contributed by atoms with Crippen molar-refractivity contribution in [3.05, 3.63) is 29.8 Å². The van der Waals surface area contributed by atoms with Gasteiger partial charge in [-0.05, 0) is 12.1 Å². The number of hydrogen-bond acceptors (Lipinski definition) is 4. The second-order valence-corrected chi connectivity index (χ2v) is 3.44. The van der Waals surface area contributed by atoms with Crippen LogP contribution in [0.2, 0.25) is 0 Å². The molecule has 0 heterocycles. The van der Waals surface area contributed by atoms with Gasteiger partial charge in [0, 0.05) is 0 Å². The lowest BCUT2D eigenvalue weighted by atomic mass is 10.2. The molecule has 1 amide bonds. The van der Waals surface area contributed by atoms with E-state index in [-0.39, 0.29) is 11.3 Å². The highest BCUT2D eigenvalue weighted by molar-refractivity contribution is 5.97. The van der Waals surface area contributed by atoms with Crippen molar-refractivity contribution >= 4 is 11.9 Å². The molecule has 0 saturated heterocycles. The van der Waals surface area contributed by atoms with Crippen molar-refractivity contribution in [1.82, 2.24) is 5.32 Å². The quantitative estimate of drug-likeness (QED) is 0.701. The van der Waals surface area contributed by atoms with E-state index >= 15 is 0 Å². The molecule has 1 atom stereocenters. The van der Waals surface area contributed by atoms with Crippen molar-refractivity contribution in [3.8, 4) is 5.75 Å². The molecule has 0 aliphatic carbocycles. The van der Waals surface area contributed by atoms with Gasteiger partial charge in [0.15, 0.2) is 6.10 Å². The highest BCUT2D eigenvalue weighted by Gasteiger charge is 2.18. The number of ether oxygens (including phenoxy) is 1. The van der Waals surface area contributed by atoms with Crippen molar-refractivity contribution in [2.45, 2.75) is 12.7 Å². The third-order valence-electron chi connectivity index (χ3n) is 2.09. The molecule has 6 nitrogen and oxygen atoms in total. The Morgan fingerprint density at radius 1 is 1.32 bits per heavy atom. The molecule has 19 heavy (non-hydrogen) atoms. The topological polar surface area (TPSA) is 95.9 Å². The lowest BCUT2D eigenvalue weighted by molar-refractivity contribution is -0.146. The zero-order chi connectivity index (χ0) is 14.4. The smallest absolute Gasteiger partial charge is 0.387 e. The minimum Gasteiger partial charge on any atom is -0.479 e. The standard InChI is InChI=1S/C11H11F2NO5/c12-11(13)19-8-4-2-1-3-6(8)9(16)14-5-7(15)10(17)18/h1-4,7,11,15H,5H2,(H,14,16)(H,17,18)/t7-/m0/s1. The average molecular weight is 275 g/mol. The first-order chi connectivity index (χ1) is 8.91. The molecule has 0 saturated carbocycles. The van der Waals surface area contributed by atoms with Crippen LogP contribution in [0.25, 0.3) is 0 Å². The maximum absolute atomic E-state index is 12.1. The van der Waals surface area contributed by atoms with E-state index in [4.69, 9.17) is 10.2 Å². The van der Waals surface area contributed by atoms with Gasteiger partial charge in [0.1, 0.15) is 5.75 Å². The summed E-state index contributed by atoms with van der Waals surface area (Å²) in [5, 5.41) is 19.5. The van der Waals surface area contributed by atoms with Gasteiger partial charge >= 0.3 is 12.6 Å². The fraction of sp³-hybridized carbons (Fsp3) is 0.273. The number of carbonyl (C=O) groups excluding carboxylic acids is 1. The summed E-state index contributed by atoms with van der Waals surface area (Å²) < 4.78 is 28.4. The summed E-state index contributed by atoms with van der Waals surface area (Å²) in [5.74, 6) is -2.66. The Morgan fingerprint density at radius 3 is 2.53 bits per heavy atom. The maximum Gasteiger partial charge on any atom is 0.387 e. The number of aliphatic hydroxyl groups is 1. The van der Waals surface area contributed by atoms with Crippen molar-refractivity contribution in [2.75, 3.05) is 6.54 Å². The molecule has 0 aromatic heterocycles. The number of rotatable bonds is 6. The molecule has 0 aliphatic rings. The first kappa shape index (κ1) is 14.8. The molecular weight excluding hydrogens is 264 g/mol. The molecular formula is C11H11F2NO5. The molecule has 8 heteroatoms. The Bertz CT molecular complexity index is 466. The van der Waals surface area contributed by atoms with E-state index in [0.717, 1.165) is 0 Å². The first-order valence-electron chi connectivity index (χ1n) is 5.14. The molecule has 0 bridgehead atoms. The molecule has 3 N–H and O–H groups in total. The lowest BCUT2D eigenvalue weighted by Crippen LogP contribution is -2.36. The number of carboxylic acids is 1. The van der Waals surface area contributed by atoms with Gasteiger partial charge in [0.2, 0.25) is 0 Å². The summed E-state index contributed by atoms with van der Waals surface area (Å²) in [7, 11) is 0. The van der Waals surface area contributed by atoms with E-state index in [9.17, 15) is 18.4 Å². The number of hydrogen-bond donors (Lipinski definition) is 3. The number of carbonyl (C=O) groups is 2. The van der Waals surface area contributed by atoms with Crippen LogP contribution < -0.4 is 10.1 Å². The van der Waals surface area contributed by atoms with Gasteiger partial charge in [0.25, 0.3) is 5.91 Å². The molecule has 0 radical (unpaired) electrons. The van der Waals surface area contributed by atoms with Gasteiger partial charge in [-0.2, -0.15) is 8.78 Å². The van der Waals surface area contributed by atoms with Crippen molar-refractivity contribution in [1.29, 1.82) is 0 Å². The van der Waals surface area contributed by atoms with Crippen LogP contribution in [0.15, 0.2) is 24.3 Å². The summed E-state index contributed by atoms with van der Waals surface area (Å²) in [6, 6.07) is 5.25. The van der Waals surface area contributed by atoms with Crippen molar-refractivity contribution in [3.63, 3.8) is 0 Å². The van der Waals surface area contributed by atoms with Crippen LogP contribution in [0.5, 0.6) is 5.75 Å². The van der Waals surface area contributed by atoms with Gasteiger partial charge in [-0.25, -0.2) is 4.79 Å². The van der Waals surface area contributed by atoms with E-state index in [0.29, 0.717) is 0 Å². The SMILES string of the molecule is O=C(NC[C@H](O)C(=O)O)c1ccccc1OC(F)F. The van der Waals surface area contributed by atoms with Crippen LogP contribution in [0.4, 0.5) is 8.78 Å². The third kappa shape index (κ3) is 4.51. The number of aliphatic hydroxyl groups excluding tert-OH is 1. The molecule has 1 aromatic rings. The van der Waals surface area contributed by atoms with Gasteiger partial charge in [-0.1, -0.05) is 12.1 Å². The monoisotopic (exact) mass is 275 g/mol. The second-order valence-electron chi connectivity index (χ2n) is 3.44. The van der Waals surface area contributed by atoms with Gasteiger partial charge in [0.05, 0.1) is 12.1 Å². The highest BCUT2D eigenvalue weighted by Crippen LogP contribution is 2.19. The summed E-state index contributed by atoms with van der Waals surface area (Å²) in [6.45, 7) is -3.63. The predicted molar refractivity (Wildman–Crippen MR) is 59.0 cm³/mol. The van der Waals surface area contributed by atoms with Crippen LogP contribution in [-0.2, 0) is 4.79 Å². The van der Waals surface area contributed by atoms with Crippen LogP contribution >= 0.6 is 0 Å². The number of para-hydroxylation sites is 1. The predicted octanol–water partition coefficient (Wildman–Crippen LogP) is 0.463. The van der Waals surface area contributed by atoms with Gasteiger partial charge < -0.3 is 20.3 Å². The molecule has 0 unspecified atom stereocenters. The zero-order valence-corrected chi connectivity index (χ0v) is 9.55. The summed E-state index contributed by atoms with van der Waals surface area (Å²) in [4.78, 5) is 22.0. The Balaban J connectivity index is 2.74. The largest absolute Gasteiger partial charge is 0.479 e. The van der Waals surface area contributed by atoms with Crippen molar-refractivity contribution in [2.24, 2.45) is 0 Å². The molecule has 104 valence electrons. The van der Waals surface area contributed by atoms with E-state index < -0.39 is 31.1 Å². The Morgan fingerprint density at radius 2 is 1.95 bits per heavy atom. The molecule has 0 fully saturated rings. The number of halogens is 2. The summed E-state index contributed by atoms with van der Waals surface area (Å²) in [6.07, 6.45) is -1.77. The van der Waals surface area contributed by atoms with E-state index in [1.807, 2.05) is 0 Å². The minimum absolute atomic E-state index is 0.180. The van der Waals surface area contributed by atoms with Gasteiger partial charge in [-0.15, -0.1) is 0 Å². The Kier molecular flexibility index (Phi) is 5.19. The average Bonchev–Trinajstić information content (AvgIpc) is 2.35.